The molecule has 0 fully saturated rings. The van der Waals surface area contributed by atoms with Crippen molar-refractivity contribution in [2.45, 2.75) is 32.6 Å². The minimum absolute atomic E-state index is 0.0615. The van der Waals surface area contributed by atoms with Gasteiger partial charge in [0.1, 0.15) is 0 Å². The molecule has 2 N–H and O–H groups in total. The number of allylic oxidation sites excluding steroid dienone is 2. The minimum atomic E-state index is -0.918. The highest BCUT2D eigenvalue weighted by molar-refractivity contribution is 5.72. The Morgan fingerprint density at radius 3 is 2.27 bits per heavy atom. The van der Waals surface area contributed by atoms with Crippen LogP contribution in [0.3, 0.4) is 0 Å². The average molecular weight is 212 g/mol. The summed E-state index contributed by atoms with van der Waals surface area (Å²) < 4.78 is 0. The van der Waals surface area contributed by atoms with E-state index in [2.05, 4.69) is 0 Å². The molecule has 0 unspecified atom stereocenters. The van der Waals surface area contributed by atoms with Crippen molar-refractivity contribution in [1.29, 1.82) is 0 Å². The van der Waals surface area contributed by atoms with Gasteiger partial charge in [-0.2, -0.15) is 0 Å². The van der Waals surface area contributed by atoms with Crippen LogP contribution >= 0.6 is 0 Å². The Morgan fingerprint density at radius 1 is 1.33 bits per heavy atom. The van der Waals surface area contributed by atoms with Gasteiger partial charge in [-0.25, -0.2) is 0 Å². The third kappa shape index (κ3) is 3.38. The molecule has 0 amide bonds. The fourth-order valence-electron chi connectivity index (χ4n) is 2.38. The van der Waals surface area contributed by atoms with Gasteiger partial charge in [-0.3, -0.25) is 9.59 Å². The Bertz CT molecular complexity index is 277. The molecule has 1 rings (SSSR count). The van der Waals surface area contributed by atoms with E-state index in [1.54, 1.807) is 0 Å². The number of aliphatic carboxylic acids is 2. The molecule has 0 saturated heterocycles. The van der Waals surface area contributed by atoms with Crippen molar-refractivity contribution >= 4 is 11.9 Å². The van der Waals surface area contributed by atoms with E-state index in [1.165, 1.54) is 0 Å². The fourth-order valence-corrected chi connectivity index (χ4v) is 2.38. The van der Waals surface area contributed by atoms with Crippen molar-refractivity contribution in [3.05, 3.63) is 12.2 Å². The highest BCUT2D eigenvalue weighted by Gasteiger charge is 2.37. The third-order valence-electron chi connectivity index (χ3n) is 2.82. The first kappa shape index (κ1) is 11.8. The van der Waals surface area contributed by atoms with E-state index in [1.807, 2.05) is 19.1 Å². The van der Waals surface area contributed by atoms with E-state index in [9.17, 15) is 9.59 Å². The zero-order chi connectivity index (χ0) is 11.5. The number of hydrogen-bond donors (Lipinski definition) is 2. The summed E-state index contributed by atoms with van der Waals surface area (Å²) in [7, 11) is 0. The largest absolute Gasteiger partial charge is 0.481 e. The molecule has 0 radical (unpaired) electrons. The van der Waals surface area contributed by atoms with Crippen LogP contribution in [-0.4, -0.2) is 22.2 Å². The average Bonchev–Trinajstić information content (AvgIpc) is 1.99. The lowest BCUT2D eigenvalue weighted by Gasteiger charge is -2.34. The van der Waals surface area contributed by atoms with Gasteiger partial charge >= 0.3 is 11.9 Å². The van der Waals surface area contributed by atoms with E-state index < -0.39 is 17.4 Å². The molecule has 15 heavy (non-hydrogen) atoms. The van der Waals surface area contributed by atoms with Gasteiger partial charge in [0.25, 0.3) is 0 Å². The van der Waals surface area contributed by atoms with Gasteiger partial charge in [-0.1, -0.05) is 19.1 Å². The van der Waals surface area contributed by atoms with Gasteiger partial charge in [0, 0.05) is 0 Å². The quantitative estimate of drug-likeness (QED) is 0.698. The Hall–Kier alpha value is -1.32. The maximum Gasteiger partial charge on any atom is 0.303 e. The topological polar surface area (TPSA) is 74.6 Å². The van der Waals surface area contributed by atoms with Crippen LogP contribution in [0.25, 0.3) is 0 Å². The number of carboxylic acids is 2. The molecule has 0 spiro atoms. The van der Waals surface area contributed by atoms with Crippen LogP contribution in [0.4, 0.5) is 0 Å². The second kappa shape index (κ2) is 4.47. The maximum atomic E-state index is 10.7. The van der Waals surface area contributed by atoms with Crippen LogP contribution in [-0.2, 0) is 9.59 Å². The van der Waals surface area contributed by atoms with Crippen molar-refractivity contribution in [3.8, 4) is 0 Å². The predicted octanol–water partition coefficient (Wildman–Crippen LogP) is 1.91. The zero-order valence-corrected chi connectivity index (χ0v) is 8.77. The normalized spacial score (nSPS) is 23.7. The van der Waals surface area contributed by atoms with E-state index in [-0.39, 0.29) is 18.8 Å². The first-order valence-electron chi connectivity index (χ1n) is 5.04. The van der Waals surface area contributed by atoms with Crippen LogP contribution in [0, 0.1) is 11.3 Å². The van der Waals surface area contributed by atoms with Crippen molar-refractivity contribution in [2.75, 3.05) is 0 Å². The molecule has 4 heteroatoms. The molecule has 0 saturated carbocycles. The summed E-state index contributed by atoms with van der Waals surface area (Å²) in [6.07, 6.45) is 4.99. The third-order valence-corrected chi connectivity index (χ3v) is 2.82. The van der Waals surface area contributed by atoms with Crippen LogP contribution < -0.4 is 0 Å². The van der Waals surface area contributed by atoms with Crippen LogP contribution in [0.5, 0.6) is 0 Å². The van der Waals surface area contributed by atoms with Gasteiger partial charge in [0.15, 0.2) is 0 Å². The van der Waals surface area contributed by atoms with Crippen molar-refractivity contribution < 1.29 is 19.8 Å². The second-order valence-corrected chi connectivity index (χ2v) is 4.45. The van der Waals surface area contributed by atoms with Crippen molar-refractivity contribution in [2.24, 2.45) is 11.3 Å². The number of carboxylic acid groups (broad SMARTS) is 2. The molecule has 0 bridgehead atoms. The molecule has 0 aromatic carbocycles. The monoisotopic (exact) mass is 212 g/mol. The second-order valence-electron chi connectivity index (χ2n) is 4.45. The summed E-state index contributed by atoms with van der Waals surface area (Å²) in [5.41, 5.74) is -0.591. The Balaban J connectivity index is 2.81. The van der Waals surface area contributed by atoms with Crippen molar-refractivity contribution in [3.63, 3.8) is 0 Å². The van der Waals surface area contributed by atoms with E-state index >= 15 is 0 Å². The summed E-state index contributed by atoms with van der Waals surface area (Å²) in [4.78, 5) is 21.5. The summed E-state index contributed by atoms with van der Waals surface area (Å²) in [6.45, 7) is 1.98. The first-order valence-corrected chi connectivity index (χ1v) is 5.04. The summed E-state index contributed by atoms with van der Waals surface area (Å²) >= 11 is 0. The minimum Gasteiger partial charge on any atom is -0.481 e. The van der Waals surface area contributed by atoms with E-state index in [0.717, 1.165) is 0 Å². The number of rotatable bonds is 4. The summed E-state index contributed by atoms with van der Waals surface area (Å²) in [5.74, 6) is -1.57. The van der Waals surface area contributed by atoms with Crippen molar-refractivity contribution in [1.82, 2.24) is 0 Å². The Morgan fingerprint density at radius 2 is 1.87 bits per heavy atom. The molecular weight excluding hydrogens is 196 g/mol. The number of hydrogen-bond acceptors (Lipinski definition) is 2. The lowest BCUT2D eigenvalue weighted by atomic mass is 9.69. The van der Waals surface area contributed by atoms with Crippen LogP contribution in [0.2, 0.25) is 0 Å². The predicted molar refractivity (Wildman–Crippen MR) is 54.5 cm³/mol. The first-order chi connectivity index (χ1) is 6.93. The summed E-state index contributed by atoms with van der Waals surface area (Å²) in [5, 5.41) is 17.6. The molecule has 0 aliphatic heterocycles. The molecule has 1 atom stereocenters. The molecule has 84 valence electrons. The molecule has 4 nitrogen and oxygen atoms in total. The standard InChI is InChI=1S/C11H16O4/c1-8-3-2-4-11(5-8,6-9(12)13)7-10(14)15/h2-3,8H,4-7H2,1H3,(H,12,13)(H,14,15)/t8-/m1/s1. The molecule has 0 aromatic heterocycles. The Labute approximate surface area is 88.6 Å². The summed E-state index contributed by atoms with van der Waals surface area (Å²) in [6, 6.07) is 0. The lowest BCUT2D eigenvalue weighted by molar-refractivity contribution is -0.144. The maximum absolute atomic E-state index is 10.7. The fraction of sp³-hybridized carbons (Fsp3) is 0.636. The molecule has 0 aromatic rings. The van der Waals surface area contributed by atoms with E-state index in [0.29, 0.717) is 12.8 Å². The Kier molecular flexibility index (Phi) is 3.50. The smallest absolute Gasteiger partial charge is 0.303 e. The highest BCUT2D eigenvalue weighted by atomic mass is 16.4. The zero-order valence-electron chi connectivity index (χ0n) is 8.77. The molecule has 1 aliphatic carbocycles. The van der Waals surface area contributed by atoms with E-state index in [4.69, 9.17) is 10.2 Å². The van der Waals surface area contributed by atoms with Crippen LogP contribution in [0.15, 0.2) is 12.2 Å². The molecule has 1 aliphatic rings. The highest BCUT2D eigenvalue weighted by Crippen LogP contribution is 2.41. The molecule has 0 heterocycles. The van der Waals surface area contributed by atoms with Gasteiger partial charge in [-0.15, -0.1) is 0 Å². The SMILES string of the molecule is C[C@@H]1C=CCC(CC(=O)O)(CC(=O)O)C1. The lowest BCUT2D eigenvalue weighted by Crippen LogP contribution is -2.31. The number of carbonyl (C=O) groups is 2. The van der Waals surface area contributed by atoms with Gasteiger partial charge in [-0.05, 0) is 24.2 Å². The van der Waals surface area contributed by atoms with Crippen LogP contribution in [0.1, 0.15) is 32.6 Å². The van der Waals surface area contributed by atoms with Gasteiger partial charge in [0.2, 0.25) is 0 Å². The molecular formula is C11H16O4. The van der Waals surface area contributed by atoms with Gasteiger partial charge < -0.3 is 10.2 Å². The van der Waals surface area contributed by atoms with Gasteiger partial charge in [0.05, 0.1) is 12.8 Å².